The average molecular weight is 322 g/mol. The molecule has 120 valence electrons. The monoisotopic (exact) mass is 322 g/mol. The van der Waals surface area contributed by atoms with E-state index in [4.69, 9.17) is 0 Å². The van der Waals surface area contributed by atoms with Crippen LogP contribution in [0.15, 0.2) is 66.9 Å². The van der Waals surface area contributed by atoms with E-state index in [1.54, 1.807) is 29.0 Å². The van der Waals surface area contributed by atoms with Gasteiger partial charge in [-0.3, -0.25) is 10.1 Å². The summed E-state index contributed by atoms with van der Waals surface area (Å²) in [7, 11) is 0. The van der Waals surface area contributed by atoms with Gasteiger partial charge < -0.3 is 9.67 Å². The van der Waals surface area contributed by atoms with E-state index >= 15 is 0 Å². The lowest BCUT2D eigenvalue weighted by Crippen LogP contribution is -2.01. The summed E-state index contributed by atoms with van der Waals surface area (Å²) in [5.74, 6) is -1.01. The number of non-ortho nitro benzene ring substituents is 1. The first kappa shape index (κ1) is 15.5. The van der Waals surface area contributed by atoms with Crippen LogP contribution in [0, 0.1) is 10.1 Å². The van der Waals surface area contributed by atoms with E-state index in [1.807, 2.05) is 30.3 Å². The average Bonchev–Trinajstić information content (AvgIpc) is 3.00. The Balaban J connectivity index is 2.02. The molecular formula is C18H14N2O4. The normalized spacial score (nSPS) is 10.5. The lowest BCUT2D eigenvalue weighted by molar-refractivity contribution is -0.384. The molecule has 0 saturated heterocycles. The molecule has 1 aromatic heterocycles. The number of carboxylic acid groups (broad SMARTS) is 1. The molecule has 0 amide bonds. The quantitative estimate of drug-likeness (QED) is 0.571. The van der Waals surface area contributed by atoms with Crippen LogP contribution in [0.1, 0.15) is 15.9 Å². The van der Waals surface area contributed by atoms with E-state index in [1.165, 1.54) is 12.1 Å². The highest BCUT2D eigenvalue weighted by atomic mass is 16.6. The Bertz CT molecular complexity index is 900. The molecule has 0 aliphatic rings. The topological polar surface area (TPSA) is 85.4 Å². The van der Waals surface area contributed by atoms with Crippen molar-refractivity contribution >= 4 is 11.7 Å². The number of nitrogens with zero attached hydrogens (tertiary/aromatic N) is 2. The van der Waals surface area contributed by atoms with Crippen LogP contribution in [0.25, 0.3) is 11.3 Å². The van der Waals surface area contributed by atoms with Gasteiger partial charge in [0.05, 0.1) is 10.5 Å². The zero-order valence-corrected chi connectivity index (χ0v) is 12.6. The highest BCUT2D eigenvalue weighted by molar-refractivity contribution is 5.89. The summed E-state index contributed by atoms with van der Waals surface area (Å²) >= 11 is 0. The number of nitro groups is 1. The van der Waals surface area contributed by atoms with Gasteiger partial charge in [0.25, 0.3) is 5.69 Å². The molecule has 3 aromatic rings. The van der Waals surface area contributed by atoms with E-state index < -0.39 is 10.9 Å². The second-order valence-corrected chi connectivity index (χ2v) is 5.34. The maximum atomic E-state index is 11.3. The zero-order valence-electron chi connectivity index (χ0n) is 12.6. The molecule has 3 rings (SSSR count). The fourth-order valence-electron chi connectivity index (χ4n) is 2.58. The van der Waals surface area contributed by atoms with E-state index in [0.717, 1.165) is 16.8 Å². The maximum Gasteiger partial charge on any atom is 0.337 e. The summed E-state index contributed by atoms with van der Waals surface area (Å²) in [6.45, 7) is 0.346. The van der Waals surface area contributed by atoms with Crippen molar-refractivity contribution in [2.45, 2.75) is 6.54 Å². The first-order valence-corrected chi connectivity index (χ1v) is 7.27. The molecule has 6 nitrogen and oxygen atoms in total. The number of aromatic carboxylic acids is 1. The largest absolute Gasteiger partial charge is 0.478 e. The van der Waals surface area contributed by atoms with Gasteiger partial charge in [-0.15, -0.1) is 0 Å². The molecule has 0 bridgehead atoms. The standard InChI is InChI=1S/C18H14N2O4/c21-18(22)15-10-17(14-6-2-1-3-7-14)19(12-15)11-13-5-4-8-16(9-13)20(23)24/h1-10,12H,11H2,(H,21,22). The third-order valence-corrected chi connectivity index (χ3v) is 3.69. The number of benzene rings is 2. The number of carboxylic acids is 1. The lowest BCUT2D eigenvalue weighted by Gasteiger charge is -2.09. The molecule has 0 aliphatic heterocycles. The van der Waals surface area contributed by atoms with Crippen LogP contribution in [0.3, 0.4) is 0 Å². The molecule has 0 atom stereocenters. The van der Waals surface area contributed by atoms with Gasteiger partial charge >= 0.3 is 5.97 Å². The van der Waals surface area contributed by atoms with Gasteiger partial charge in [0, 0.05) is 30.6 Å². The maximum absolute atomic E-state index is 11.3. The van der Waals surface area contributed by atoms with Crippen LogP contribution < -0.4 is 0 Å². The predicted molar refractivity (Wildman–Crippen MR) is 89.0 cm³/mol. The van der Waals surface area contributed by atoms with E-state index in [9.17, 15) is 20.0 Å². The van der Waals surface area contributed by atoms with Crippen molar-refractivity contribution in [1.29, 1.82) is 0 Å². The highest BCUT2D eigenvalue weighted by Gasteiger charge is 2.14. The van der Waals surface area contributed by atoms with Crippen LogP contribution in [-0.2, 0) is 6.54 Å². The number of aromatic nitrogens is 1. The van der Waals surface area contributed by atoms with Crippen LogP contribution in [0.4, 0.5) is 5.69 Å². The predicted octanol–water partition coefficient (Wildman–Crippen LogP) is 3.81. The molecule has 6 heteroatoms. The third-order valence-electron chi connectivity index (χ3n) is 3.69. The minimum atomic E-state index is -1.01. The lowest BCUT2D eigenvalue weighted by atomic mass is 10.1. The smallest absolute Gasteiger partial charge is 0.337 e. The Morgan fingerprint density at radius 1 is 1.08 bits per heavy atom. The minimum Gasteiger partial charge on any atom is -0.478 e. The highest BCUT2D eigenvalue weighted by Crippen LogP contribution is 2.24. The number of nitro benzene ring substituents is 1. The summed E-state index contributed by atoms with van der Waals surface area (Å²) in [6, 6.07) is 17.4. The Labute approximate surface area is 137 Å². The van der Waals surface area contributed by atoms with Crippen molar-refractivity contribution in [1.82, 2.24) is 4.57 Å². The van der Waals surface area contributed by atoms with Crippen LogP contribution in [0.2, 0.25) is 0 Å². The SMILES string of the molecule is O=C(O)c1cc(-c2ccccc2)n(Cc2cccc([N+](=O)[O-])c2)c1. The van der Waals surface area contributed by atoms with Gasteiger partial charge in [-0.2, -0.15) is 0 Å². The van der Waals surface area contributed by atoms with Crippen LogP contribution in [-0.4, -0.2) is 20.6 Å². The number of carbonyl (C=O) groups is 1. The minimum absolute atomic E-state index is 0.0133. The van der Waals surface area contributed by atoms with Crippen molar-refractivity contribution < 1.29 is 14.8 Å². The molecule has 0 aliphatic carbocycles. The summed E-state index contributed by atoms with van der Waals surface area (Å²) in [6.07, 6.45) is 1.55. The van der Waals surface area contributed by atoms with Crippen molar-refractivity contribution in [2.24, 2.45) is 0 Å². The van der Waals surface area contributed by atoms with E-state index in [-0.39, 0.29) is 11.3 Å². The van der Waals surface area contributed by atoms with Crippen LogP contribution >= 0.6 is 0 Å². The van der Waals surface area contributed by atoms with Gasteiger partial charge in [0.15, 0.2) is 0 Å². The molecule has 0 unspecified atom stereocenters. The summed E-state index contributed by atoms with van der Waals surface area (Å²) in [5.41, 5.74) is 2.56. The molecule has 24 heavy (non-hydrogen) atoms. The van der Waals surface area contributed by atoms with Gasteiger partial charge in [0.2, 0.25) is 0 Å². The van der Waals surface area contributed by atoms with E-state index in [2.05, 4.69) is 0 Å². The first-order valence-electron chi connectivity index (χ1n) is 7.27. The fourth-order valence-corrected chi connectivity index (χ4v) is 2.58. The first-order chi connectivity index (χ1) is 11.5. The zero-order chi connectivity index (χ0) is 17.1. The second kappa shape index (κ2) is 6.37. The summed E-state index contributed by atoms with van der Waals surface area (Å²) in [4.78, 5) is 21.8. The van der Waals surface area contributed by atoms with Crippen molar-refractivity contribution in [3.8, 4) is 11.3 Å². The van der Waals surface area contributed by atoms with E-state index in [0.29, 0.717) is 6.54 Å². The van der Waals surface area contributed by atoms with Gasteiger partial charge in [-0.05, 0) is 17.2 Å². The van der Waals surface area contributed by atoms with Crippen molar-refractivity contribution in [3.05, 3.63) is 88.1 Å². The summed E-state index contributed by atoms with van der Waals surface area (Å²) in [5, 5.41) is 20.2. The van der Waals surface area contributed by atoms with Crippen molar-refractivity contribution in [2.75, 3.05) is 0 Å². The second-order valence-electron chi connectivity index (χ2n) is 5.34. The van der Waals surface area contributed by atoms with Gasteiger partial charge in [-0.25, -0.2) is 4.79 Å². The molecule has 2 aromatic carbocycles. The third kappa shape index (κ3) is 3.17. The number of hydrogen-bond donors (Lipinski definition) is 1. The number of rotatable bonds is 5. The van der Waals surface area contributed by atoms with Gasteiger partial charge in [0.1, 0.15) is 0 Å². The molecule has 1 N–H and O–H groups in total. The molecule has 1 heterocycles. The molecule has 0 radical (unpaired) electrons. The van der Waals surface area contributed by atoms with Crippen LogP contribution in [0.5, 0.6) is 0 Å². The van der Waals surface area contributed by atoms with Crippen molar-refractivity contribution in [3.63, 3.8) is 0 Å². The fraction of sp³-hybridized carbons (Fsp3) is 0.0556. The number of hydrogen-bond acceptors (Lipinski definition) is 3. The molecule has 0 spiro atoms. The summed E-state index contributed by atoms with van der Waals surface area (Å²) < 4.78 is 1.79. The molecule has 0 fully saturated rings. The molecular weight excluding hydrogens is 308 g/mol. The molecule has 0 saturated carbocycles. The Morgan fingerprint density at radius 2 is 1.83 bits per heavy atom. The Kier molecular flexibility index (Phi) is 4.11. The van der Waals surface area contributed by atoms with Gasteiger partial charge in [-0.1, -0.05) is 42.5 Å². The Hall–Kier alpha value is -3.41. The Morgan fingerprint density at radius 3 is 2.50 bits per heavy atom.